The number of benzene rings is 1. The van der Waals surface area contributed by atoms with E-state index in [1.807, 2.05) is 11.8 Å². The maximum absolute atomic E-state index is 2.74. The van der Waals surface area contributed by atoms with Gasteiger partial charge in [-0.25, -0.2) is 0 Å². The van der Waals surface area contributed by atoms with Crippen LogP contribution in [0.3, 0.4) is 0 Å². The Morgan fingerprint density at radius 1 is 1.00 bits per heavy atom. The van der Waals surface area contributed by atoms with Gasteiger partial charge >= 0.3 is 0 Å². The third-order valence-electron chi connectivity index (χ3n) is 4.89. The molecule has 1 saturated carbocycles. The molecule has 0 bridgehead atoms. The van der Waals surface area contributed by atoms with Crippen molar-refractivity contribution in [3.05, 3.63) is 29.8 Å². The second-order valence-electron chi connectivity index (χ2n) is 6.33. The molecule has 0 unspecified atom stereocenters. The fourth-order valence-electron chi connectivity index (χ4n) is 3.67. The zero-order chi connectivity index (χ0) is 14.5. The van der Waals surface area contributed by atoms with Crippen molar-refractivity contribution in [2.24, 2.45) is 0 Å². The van der Waals surface area contributed by atoms with Gasteiger partial charge in [-0.3, -0.25) is 9.80 Å². The average Bonchev–Trinajstić information content (AvgIpc) is 3.05. The van der Waals surface area contributed by atoms with E-state index >= 15 is 0 Å². The zero-order valence-corrected chi connectivity index (χ0v) is 14.1. The second-order valence-corrected chi connectivity index (χ2v) is 7.66. The SMILES string of the molecule is CCSc1ccc(CN2CCN(C3CCCC3)CC2)cc1. The van der Waals surface area contributed by atoms with E-state index in [-0.39, 0.29) is 0 Å². The molecule has 116 valence electrons. The molecule has 1 aromatic rings. The van der Waals surface area contributed by atoms with Crippen LogP contribution in [-0.4, -0.2) is 47.8 Å². The van der Waals surface area contributed by atoms with Crippen LogP contribution in [0, 0.1) is 0 Å². The number of hydrogen-bond acceptors (Lipinski definition) is 3. The summed E-state index contributed by atoms with van der Waals surface area (Å²) in [6, 6.07) is 10.1. The Morgan fingerprint density at radius 3 is 2.29 bits per heavy atom. The van der Waals surface area contributed by atoms with Gasteiger partial charge in [0.25, 0.3) is 0 Å². The van der Waals surface area contributed by atoms with Gasteiger partial charge in [0.2, 0.25) is 0 Å². The molecule has 0 aromatic heterocycles. The normalized spacial score (nSPS) is 22.0. The Balaban J connectivity index is 1.46. The summed E-state index contributed by atoms with van der Waals surface area (Å²) in [4.78, 5) is 6.75. The largest absolute Gasteiger partial charge is 0.298 e. The molecule has 2 aliphatic rings. The lowest BCUT2D eigenvalue weighted by molar-refractivity contribution is 0.0937. The first-order valence-electron chi connectivity index (χ1n) is 8.53. The summed E-state index contributed by atoms with van der Waals surface area (Å²) >= 11 is 1.92. The Bertz CT molecular complexity index is 417. The van der Waals surface area contributed by atoms with Crippen molar-refractivity contribution >= 4 is 11.8 Å². The predicted octanol–water partition coefficient (Wildman–Crippen LogP) is 3.86. The monoisotopic (exact) mass is 304 g/mol. The van der Waals surface area contributed by atoms with Gasteiger partial charge < -0.3 is 0 Å². The molecule has 0 radical (unpaired) electrons. The predicted molar refractivity (Wildman–Crippen MR) is 91.9 cm³/mol. The fraction of sp³-hybridized carbons (Fsp3) is 0.667. The highest BCUT2D eigenvalue weighted by atomic mass is 32.2. The molecule has 3 rings (SSSR count). The topological polar surface area (TPSA) is 6.48 Å². The highest BCUT2D eigenvalue weighted by Gasteiger charge is 2.25. The van der Waals surface area contributed by atoms with Crippen LogP contribution in [0.2, 0.25) is 0 Å². The van der Waals surface area contributed by atoms with Crippen LogP contribution in [0.4, 0.5) is 0 Å². The fourth-order valence-corrected chi connectivity index (χ4v) is 4.33. The van der Waals surface area contributed by atoms with E-state index in [4.69, 9.17) is 0 Å². The van der Waals surface area contributed by atoms with Gasteiger partial charge in [0, 0.05) is 43.7 Å². The lowest BCUT2D eigenvalue weighted by atomic mass is 10.1. The minimum absolute atomic E-state index is 0.900. The molecule has 3 heteroatoms. The Hall–Kier alpha value is -0.510. The number of thioether (sulfide) groups is 1. The van der Waals surface area contributed by atoms with Gasteiger partial charge in [-0.05, 0) is 36.3 Å². The van der Waals surface area contributed by atoms with Gasteiger partial charge in [-0.15, -0.1) is 11.8 Å². The number of hydrogen-bond donors (Lipinski definition) is 0. The van der Waals surface area contributed by atoms with Crippen LogP contribution in [0.15, 0.2) is 29.2 Å². The van der Waals surface area contributed by atoms with Crippen molar-refractivity contribution in [1.82, 2.24) is 9.80 Å². The molecule has 1 saturated heterocycles. The summed E-state index contributed by atoms with van der Waals surface area (Å²) < 4.78 is 0. The molecule has 2 fully saturated rings. The van der Waals surface area contributed by atoms with Gasteiger partial charge in [0.15, 0.2) is 0 Å². The first-order chi connectivity index (χ1) is 10.3. The minimum Gasteiger partial charge on any atom is -0.298 e. The number of nitrogens with zero attached hydrogens (tertiary/aromatic N) is 2. The van der Waals surface area contributed by atoms with E-state index in [2.05, 4.69) is 41.0 Å². The molecule has 21 heavy (non-hydrogen) atoms. The van der Waals surface area contributed by atoms with Crippen LogP contribution >= 0.6 is 11.8 Å². The molecule has 1 heterocycles. The van der Waals surface area contributed by atoms with Crippen LogP contribution < -0.4 is 0 Å². The highest BCUT2D eigenvalue weighted by molar-refractivity contribution is 7.99. The lowest BCUT2D eigenvalue weighted by Crippen LogP contribution is -2.49. The molecular formula is C18H28N2S. The maximum atomic E-state index is 2.74. The lowest BCUT2D eigenvalue weighted by Gasteiger charge is -2.38. The maximum Gasteiger partial charge on any atom is 0.0234 e. The molecule has 0 atom stereocenters. The Morgan fingerprint density at radius 2 is 1.67 bits per heavy atom. The van der Waals surface area contributed by atoms with Crippen molar-refractivity contribution in [2.45, 2.75) is 50.1 Å². The third-order valence-corrected chi connectivity index (χ3v) is 5.78. The van der Waals surface area contributed by atoms with E-state index in [0.717, 1.165) is 18.3 Å². The smallest absolute Gasteiger partial charge is 0.0234 e. The van der Waals surface area contributed by atoms with Crippen molar-refractivity contribution in [1.29, 1.82) is 0 Å². The quantitative estimate of drug-likeness (QED) is 0.763. The Labute approximate surface area is 133 Å². The minimum atomic E-state index is 0.900. The van der Waals surface area contributed by atoms with Crippen LogP contribution in [0.1, 0.15) is 38.2 Å². The van der Waals surface area contributed by atoms with Gasteiger partial charge in [0.05, 0.1) is 0 Å². The number of piperazine rings is 1. The van der Waals surface area contributed by atoms with Crippen molar-refractivity contribution in [3.63, 3.8) is 0 Å². The Kier molecular flexibility index (Phi) is 5.61. The second kappa shape index (κ2) is 7.66. The van der Waals surface area contributed by atoms with Crippen LogP contribution in [-0.2, 0) is 6.54 Å². The molecular weight excluding hydrogens is 276 g/mol. The van der Waals surface area contributed by atoms with E-state index in [0.29, 0.717) is 0 Å². The van der Waals surface area contributed by atoms with Crippen molar-refractivity contribution in [2.75, 3.05) is 31.9 Å². The first kappa shape index (κ1) is 15.4. The highest BCUT2D eigenvalue weighted by Crippen LogP contribution is 2.24. The van der Waals surface area contributed by atoms with E-state index in [9.17, 15) is 0 Å². The molecule has 1 aromatic carbocycles. The van der Waals surface area contributed by atoms with Crippen LogP contribution in [0.5, 0.6) is 0 Å². The summed E-state index contributed by atoms with van der Waals surface area (Å²) in [6.45, 7) is 8.35. The third kappa shape index (κ3) is 4.24. The first-order valence-corrected chi connectivity index (χ1v) is 9.52. The summed E-state index contributed by atoms with van der Waals surface area (Å²) in [5.74, 6) is 1.16. The van der Waals surface area contributed by atoms with Crippen molar-refractivity contribution in [3.8, 4) is 0 Å². The zero-order valence-electron chi connectivity index (χ0n) is 13.3. The summed E-state index contributed by atoms with van der Waals surface area (Å²) in [5.41, 5.74) is 1.46. The summed E-state index contributed by atoms with van der Waals surface area (Å²) in [6.07, 6.45) is 5.78. The average molecular weight is 305 g/mol. The van der Waals surface area contributed by atoms with E-state index in [1.165, 1.54) is 62.3 Å². The van der Waals surface area contributed by atoms with E-state index in [1.54, 1.807) is 0 Å². The van der Waals surface area contributed by atoms with E-state index < -0.39 is 0 Å². The molecule has 0 spiro atoms. The number of rotatable bonds is 5. The van der Waals surface area contributed by atoms with Gasteiger partial charge in [0.1, 0.15) is 0 Å². The molecule has 0 N–H and O–H groups in total. The summed E-state index contributed by atoms with van der Waals surface area (Å²) in [7, 11) is 0. The molecule has 1 aliphatic heterocycles. The van der Waals surface area contributed by atoms with Crippen molar-refractivity contribution < 1.29 is 0 Å². The molecule has 0 amide bonds. The summed E-state index contributed by atoms with van der Waals surface area (Å²) in [5, 5.41) is 0. The molecule has 1 aliphatic carbocycles. The molecule has 2 nitrogen and oxygen atoms in total. The van der Waals surface area contributed by atoms with Gasteiger partial charge in [-0.1, -0.05) is 31.9 Å². The van der Waals surface area contributed by atoms with Crippen LogP contribution in [0.25, 0.3) is 0 Å². The van der Waals surface area contributed by atoms with Gasteiger partial charge in [-0.2, -0.15) is 0 Å². The standard InChI is InChI=1S/C18H28N2S/c1-2-21-18-9-7-16(8-10-18)15-19-11-13-20(14-12-19)17-5-3-4-6-17/h7-10,17H,2-6,11-15H2,1H3.